The lowest BCUT2D eigenvalue weighted by molar-refractivity contribution is 0.0950. The van der Waals surface area contributed by atoms with Crippen LogP contribution in [0.25, 0.3) is 10.9 Å². The van der Waals surface area contributed by atoms with Gasteiger partial charge in [0.25, 0.3) is 5.91 Å². The Kier molecular flexibility index (Phi) is 6.46. The lowest BCUT2D eigenvalue weighted by atomic mass is 10.1. The average Bonchev–Trinajstić information content (AvgIpc) is 3.08. The van der Waals surface area contributed by atoms with E-state index in [2.05, 4.69) is 20.2 Å². The molecule has 1 N–H and O–H groups in total. The van der Waals surface area contributed by atoms with E-state index in [1.54, 1.807) is 24.5 Å². The van der Waals surface area contributed by atoms with Crippen molar-refractivity contribution < 1.29 is 17.9 Å². The van der Waals surface area contributed by atoms with Crippen molar-refractivity contribution in [2.24, 2.45) is 0 Å². The zero-order valence-electron chi connectivity index (χ0n) is 20.4. The fourth-order valence-corrected chi connectivity index (χ4v) is 6.42. The van der Waals surface area contributed by atoms with Gasteiger partial charge < -0.3 is 15.0 Å². The second kappa shape index (κ2) is 9.94. The molecule has 0 bridgehead atoms. The predicted octanol–water partition coefficient (Wildman–Crippen LogP) is 4.00. The highest BCUT2D eigenvalue weighted by Crippen LogP contribution is 2.35. The van der Waals surface area contributed by atoms with Gasteiger partial charge in [-0.2, -0.15) is 0 Å². The number of sulfone groups is 1. The summed E-state index contributed by atoms with van der Waals surface area (Å²) in [7, 11) is -3.50. The summed E-state index contributed by atoms with van der Waals surface area (Å²) in [6, 6.07) is 12.2. The van der Waals surface area contributed by atoms with Crippen LogP contribution in [0.1, 0.15) is 33.6 Å². The van der Waals surface area contributed by atoms with Crippen LogP contribution in [0.5, 0.6) is 0 Å². The molecule has 0 spiro atoms. The van der Waals surface area contributed by atoms with Gasteiger partial charge >= 0.3 is 0 Å². The van der Waals surface area contributed by atoms with Crippen molar-refractivity contribution in [3.63, 3.8) is 0 Å². The van der Waals surface area contributed by atoms with Crippen molar-refractivity contribution in [2.45, 2.75) is 30.9 Å². The van der Waals surface area contributed by atoms with Crippen molar-refractivity contribution in [3.05, 3.63) is 82.3 Å². The molecule has 2 aliphatic rings. The molecular weight excluding hydrogens is 526 g/mol. The van der Waals surface area contributed by atoms with Gasteiger partial charge in [-0.15, -0.1) is 0 Å². The summed E-state index contributed by atoms with van der Waals surface area (Å²) in [4.78, 5) is 29.0. The van der Waals surface area contributed by atoms with Crippen molar-refractivity contribution in [3.8, 4) is 0 Å². The first kappa shape index (κ1) is 24.7. The number of fused-ring (bicyclic) bond motifs is 3. The first-order valence-corrected chi connectivity index (χ1v) is 14.3. The first-order chi connectivity index (χ1) is 18.4. The number of aromatic nitrogens is 3. The van der Waals surface area contributed by atoms with E-state index in [0.29, 0.717) is 16.3 Å². The minimum atomic E-state index is -3.50. The molecular formula is C27H24ClN5O4S. The van der Waals surface area contributed by atoms with E-state index in [4.69, 9.17) is 21.3 Å². The second-order valence-electron chi connectivity index (χ2n) is 9.26. The molecule has 38 heavy (non-hydrogen) atoms. The van der Waals surface area contributed by atoms with Crippen LogP contribution in [0.3, 0.4) is 0 Å². The van der Waals surface area contributed by atoms with E-state index in [0.717, 1.165) is 47.5 Å². The molecule has 5 heterocycles. The lowest BCUT2D eigenvalue weighted by Gasteiger charge is -2.29. The van der Waals surface area contributed by atoms with Crippen LogP contribution in [0.2, 0.25) is 5.02 Å². The number of hydrogen-bond donors (Lipinski definition) is 1. The topological polar surface area (TPSA) is 114 Å². The molecule has 3 aromatic heterocycles. The summed E-state index contributed by atoms with van der Waals surface area (Å²) >= 11 is 6.41. The molecule has 9 nitrogen and oxygen atoms in total. The van der Waals surface area contributed by atoms with Gasteiger partial charge in [-0.1, -0.05) is 17.7 Å². The summed E-state index contributed by atoms with van der Waals surface area (Å²) in [5, 5.41) is 4.42. The zero-order valence-corrected chi connectivity index (χ0v) is 21.9. The Balaban J connectivity index is 1.22. The number of halogens is 1. The molecule has 1 aromatic carbocycles. The van der Waals surface area contributed by atoms with Gasteiger partial charge in [0.1, 0.15) is 11.6 Å². The number of nitrogens with zero attached hydrogens (tertiary/aromatic N) is 4. The highest BCUT2D eigenvalue weighted by Gasteiger charge is 2.24. The standard InChI is InChI=1S/C27H24ClN5O4S/c28-22-7-8-29-26-21(22)2-1-9-33(26)25-6-5-18-14-30-20(13-23(18)32-25)15-31-27(34)17-3-4-19-16-37-10-11-38(35,36)24(19)12-17/h3-8,12-14H,1-2,9-11,15-16H2,(H,31,34). The third kappa shape index (κ3) is 4.70. The molecule has 2 aliphatic heterocycles. The quantitative estimate of drug-likeness (QED) is 0.406. The SMILES string of the molecule is O=C(NCc1cc2nc(N3CCCc4c(Cl)ccnc43)ccc2cn1)c1ccc2c(c1)S(=O)(=O)CCOC2. The van der Waals surface area contributed by atoms with E-state index in [9.17, 15) is 13.2 Å². The van der Waals surface area contributed by atoms with Gasteiger partial charge in [-0.3, -0.25) is 9.78 Å². The van der Waals surface area contributed by atoms with E-state index < -0.39 is 9.84 Å². The van der Waals surface area contributed by atoms with Crippen LogP contribution in [0, 0.1) is 0 Å². The van der Waals surface area contributed by atoms with Crippen LogP contribution in [-0.4, -0.2) is 48.2 Å². The van der Waals surface area contributed by atoms with Crippen LogP contribution in [-0.2, 0) is 34.1 Å². The van der Waals surface area contributed by atoms with E-state index in [1.165, 1.54) is 6.07 Å². The van der Waals surface area contributed by atoms with Gasteiger partial charge in [-0.05, 0) is 54.8 Å². The molecule has 1 amide bonds. The number of rotatable bonds is 4. The van der Waals surface area contributed by atoms with Crippen molar-refractivity contribution >= 4 is 49.9 Å². The minimum absolute atomic E-state index is 0.104. The predicted molar refractivity (Wildman–Crippen MR) is 143 cm³/mol. The number of ether oxygens (including phenoxy) is 1. The average molecular weight is 550 g/mol. The van der Waals surface area contributed by atoms with Gasteiger partial charge in [0.2, 0.25) is 0 Å². The number of carbonyl (C=O) groups excluding carboxylic acids is 1. The molecule has 0 saturated carbocycles. The highest BCUT2D eigenvalue weighted by atomic mass is 35.5. The number of hydrogen-bond acceptors (Lipinski definition) is 8. The number of anilines is 2. The Labute approximate surface area is 224 Å². The molecule has 4 aromatic rings. The Hall–Kier alpha value is -3.60. The molecule has 0 aliphatic carbocycles. The summed E-state index contributed by atoms with van der Waals surface area (Å²) < 4.78 is 30.5. The van der Waals surface area contributed by atoms with E-state index in [-0.39, 0.29) is 41.9 Å². The number of amides is 1. The van der Waals surface area contributed by atoms with Crippen LogP contribution in [0.15, 0.2) is 59.8 Å². The highest BCUT2D eigenvalue weighted by molar-refractivity contribution is 7.91. The molecule has 194 valence electrons. The third-order valence-electron chi connectivity index (χ3n) is 6.78. The smallest absolute Gasteiger partial charge is 0.251 e. The molecule has 0 atom stereocenters. The van der Waals surface area contributed by atoms with Crippen LogP contribution < -0.4 is 10.2 Å². The summed E-state index contributed by atoms with van der Waals surface area (Å²) in [6.07, 6.45) is 5.26. The van der Waals surface area contributed by atoms with Gasteiger partial charge in [0, 0.05) is 40.5 Å². The number of benzene rings is 1. The number of carbonyl (C=O) groups is 1. The molecule has 0 fully saturated rings. The summed E-state index contributed by atoms with van der Waals surface area (Å²) in [5.74, 6) is 1.10. The molecule has 0 saturated heterocycles. The van der Waals surface area contributed by atoms with Crippen molar-refractivity contribution in [1.82, 2.24) is 20.3 Å². The lowest BCUT2D eigenvalue weighted by Crippen LogP contribution is -2.26. The van der Waals surface area contributed by atoms with Gasteiger partial charge in [-0.25, -0.2) is 18.4 Å². The summed E-state index contributed by atoms with van der Waals surface area (Å²) in [5.41, 5.74) is 3.23. The fourth-order valence-electron chi connectivity index (χ4n) is 4.80. The fraction of sp³-hybridized carbons (Fsp3) is 0.259. The normalized spacial score (nSPS) is 16.4. The second-order valence-corrected chi connectivity index (χ2v) is 11.7. The Morgan fingerprint density at radius 1 is 1.13 bits per heavy atom. The van der Waals surface area contributed by atoms with E-state index in [1.807, 2.05) is 24.3 Å². The molecule has 0 unspecified atom stereocenters. The first-order valence-electron chi connectivity index (χ1n) is 12.3. The summed E-state index contributed by atoms with van der Waals surface area (Å²) in [6.45, 7) is 1.29. The molecule has 0 radical (unpaired) electrons. The largest absolute Gasteiger partial charge is 0.376 e. The third-order valence-corrected chi connectivity index (χ3v) is 8.89. The molecule has 11 heteroatoms. The van der Waals surface area contributed by atoms with Crippen LogP contribution >= 0.6 is 11.6 Å². The van der Waals surface area contributed by atoms with E-state index >= 15 is 0 Å². The minimum Gasteiger partial charge on any atom is -0.376 e. The van der Waals surface area contributed by atoms with Gasteiger partial charge in [0.05, 0.1) is 41.6 Å². The maximum Gasteiger partial charge on any atom is 0.251 e. The maximum absolute atomic E-state index is 12.9. The molecule has 6 rings (SSSR count). The number of pyridine rings is 3. The Morgan fingerprint density at radius 3 is 2.92 bits per heavy atom. The van der Waals surface area contributed by atoms with Gasteiger partial charge in [0.15, 0.2) is 9.84 Å². The Bertz CT molecular complexity index is 1680. The zero-order chi connectivity index (χ0) is 26.3. The van der Waals surface area contributed by atoms with Crippen LogP contribution in [0.4, 0.5) is 11.6 Å². The Morgan fingerprint density at radius 2 is 2.03 bits per heavy atom. The van der Waals surface area contributed by atoms with Crippen molar-refractivity contribution in [1.29, 1.82) is 0 Å². The maximum atomic E-state index is 12.9. The number of nitrogens with one attached hydrogen (secondary N) is 1. The monoisotopic (exact) mass is 549 g/mol. The van der Waals surface area contributed by atoms with Crippen molar-refractivity contribution in [2.75, 3.05) is 23.8 Å².